The Balaban J connectivity index is 1.92. The second kappa shape index (κ2) is 10.4. The Morgan fingerprint density at radius 1 is 0.667 bits per heavy atom. The van der Waals surface area contributed by atoms with Crippen molar-refractivity contribution in [3.05, 3.63) is 58.1 Å². The fourth-order valence-electron chi connectivity index (χ4n) is 4.82. The van der Waals surface area contributed by atoms with Gasteiger partial charge in [0.05, 0.1) is 12.1 Å². The topological polar surface area (TPSA) is 65.2 Å². The predicted molar refractivity (Wildman–Crippen MR) is 154 cm³/mol. The minimum atomic E-state index is -0.171. The minimum absolute atomic E-state index is 0.0302. The molecule has 2 aromatic carbocycles. The maximum absolute atomic E-state index is 11.1. The normalized spacial score (nSPS) is 19.9. The van der Waals surface area contributed by atoms with Crippen molar-refractivity contribution in [3.63, 3.8) is 0 Å². The van der Waals surface area contributed by atoms with Crippen LogP contribution in [-0.4, -0.2) is 34.7 Å². The lowest BCUT2D eigenvalue weighted by atomic mass is 9.79. The summed E-state index contributed by atoms with van der Waals surface area (Å²) in [5.41, 5.74) is 4.25. The second-order valence-electron chi connectivity index (χ2n) is 13.4. The van der Waals surface area contributed by atoms with Gasteiger partial charge in [-0.15, -0.1) is 0 Å². The van der Waals surface area contributed by atoms with E-state index in [4.69, 9.17) is 9.98 Å². The Labute approximate surface area is 218 Å². The molecule has 0 unspecified atom stereocenters. The van der Waals surface area contributed by atoms with Crippen molar-refractivity contribution in [2.75, 3.05) is 0 Å². The first kappa shape index (κ1) is 28.0. The summed E-state index contributed by atoms with van der Waals surface area (Å²) < 4.78 is 0. The first-order chi connectivity index (χ1) is 16.6. The molecule has 0 aromatic heterocycles. The molecule has 0 spiro atoms. The molecule has 1 aliphatic carbocycles. The first-order valence-electron chi connectivity index (χ1n) is 13.4. The number of phenolic OH excluding ortho intramolecular Hbond substituents is 2. The van der Waals surface area contributed by atoms with E-state index in [0.717, 1.165) is 47.9 Å². The Hall–Kier alpha value is -2.62. The summed E-state index contributed by atoms with van der Waals surface area (Å²) in [6.07, 6.45) is 7.87. The van der Waals surface area contributed by atoms with Crippen molar-refractivity contribution in [1.29, 1.82) is 0 Å². The third-order valence-electron chi connectivity index (χ3n) is 7.19. The zero-order chi connectivity index (χ0) is 26.9. The molecule has 196 valence electrons. The van der Waals surface area contributed by atoms with Crippen LogP contribution in [0.3, 0.4) is 0 Å². The number of hydrogen-bond donors (Lipinski definition) is 2. The Bertz CT molecular complexity index is 1120. The van der Waals surface area contributed by atoms with Crippen LogP contribution in [0.25, 0.3) is 0 Å². The number of para-hydroxylation sites is 1. The number of aliphatic imine (C=N–C) groups is 2. The van der Waals surface area contributed by atoms with Gasteiger partial charge in [0.25, 0.3) is 0 Å². The molecule has 1 fully saturated rings. The molecule has 1 aliphatic rings. The summed E-state index contributed by atoms with van der Waals surface area (Å²) in [4.78, 5) is 9.88. The van der Waals surface area contributed by atoms with Crippen molar-refractivity contribution >= 4 is 12.4 Å². The quantitative estimate of drug-likeness (QED) is 0.429. The highest BCUT2D eigenvalue weighted by atomic mass is 16.3. The molecule has 0 aliphatic heterocycles. The van der Waals surface area contributed by atoms with E-state index in [9.17, 15) is 10.2 Å². The van der Waals surface area contributed by atoms with Crippen LogP contribution < -0.4 is 0 Å². The maximum atomic E-state index is 11.1. The lowest BCUT2D eigenvalue weighted by molar-refractivity contribution is 0.390. The van der Waals surface area contributed by atoms with Crippen LogP contribution in [0.4, 0.5) is 0 Å². The Kier molecular flexibility index (Phi) is 8.07. The lowest BCUT2D eigenvalue weighted by Gasteiger charge is -2.28. The van der Waals surface area contributed by atoms with Crippen molar-refractivity contribution in [2.45, 2.75) is 116 Å². The van der Waals surface area contributed by atoms with Gasteiger partial charge in [0.15, 0.2) is 0 Å². The van der Waals surface area contributed by atoms with Gasteiger partial charge in [-0.05, 0) is 52.3 Å². The Morgan fingerprint density at radius 3 is 1.67 bits per heavy atom. The smallest absolute Gasteiger partial charge is 0.128 e. The molecule has 0 heterocycles. The molecule has 36 heavy (non-hydrogen) atoms. The zero-order valence-corrected chi connectivity index (χ0v) is 23.8. The first-order valence-corrected chi connectivity index (χ1v) is 13.4. The van der Waals surface area contributed by atoms with E-state index in [-0.39, 0.29) is 28.3 Å². The average Bonchev–Trinajstić information content (AvgIpc) is 2.76. The van der Waals surface area contributed by atoms with Crippen molar-refractivity contribution < 1.29 is 10.2 Å². The monoisotopic (exact) mass is 490 g/mol. The van der Waals surface area contributed by atoms with E-state index in [1.807, 2.05) is 30.6 Å². The van der Waals surface area contributed by atoms with E-state index in [1.54, 1.807) is 0 Å². The predicted octanol–water partition coefficient (Wildman–Crippen LogP) is 7.84. The summed E-state index contributed by atoms with van der Waals surface area (Å²) >= 11 is 0. The van der Waals surface area contributed by atoms with Crippen LogP contribution in [0, 0.1) is 0 Å². The summed E-state index contributed by atoms with van der Waals surface area (Å²) in [6, 6.07) is 10.2. The highest BCUT2D eigenvalue weighted by molar-refractivity contribution is 5.86. The van der Waals surface area contributed by atoms with Gasteiger partial charge in [-0.3, -0.25) is 9.98 Å². The summed E-state index contributed by atoms with van der Waals surface area (Å²) in [6.45, 7) is 19.3. The molecule has 2 N–H and O–H groups in total. The van der Waals surface area contributed by atoms with E-state index in [1.165, 1.54) is 5.56 Å². The van der Waals surface area contributed by atoms with Crippen molar-refractivity contribution in [3.8, 4) is 11.5 Å². The van der Waals surface area contributed by atoms with Crippen LogP contribution in [0.2, 0.25) is 0 Å². The van der Waals surface area contributed by atoms with Gasteiger partial charge in [-0.25, -0.2) is 0 Å². The summed E-state index contributed by atoms with van der Waals surface area (Å²) in [7, 11) is 0. The molecule has 3 rings (SSSR count). The highest BCUT2D eigenvalue weighted by Gasteiger charge is 2.26. The number of hydrogen-bond acceptors (Lipinski definition) is 4. The molecule has 0 saturated heterocycles. The van der Waals surface area contributed by atoms with Gasteiger partial charge in [-0.2, -0.15) is 0 Å². The summed E-state index contributed by atoms with van der Waals surface area (Å²) in [5, 5.41) is 22.0. The number of rotatable bonds is 4. The molecule has 1 saturated carbocycles. The number of aromatic hydroxyl groups is 2. The van der Waals surface area contributed by atoms with E-state index in [0.29, 0.717) is 11.5 Å². The maximum Gasteiger partial charge on any atom is 0.128 e. The third-order valence-corrected chi connectivity index (χ3v) is 7.19. The van der Waals surface area contributed by atoms with Gasteiger partial charge in [0, 0.05) is 29.1 Å². The van der Waals surface area contributed by atoms with Crippen LogP contribution in [-0.2, 0) is 16.2 Å². The third kappa shape index (κ3) is 6.57. The second-order valence-corrected chi connectivity index (χ2v) is 13.4. The largest absolute Gasteiger partial charge is 0.507 e. The number of benzene rings is 2. The fraction of sp³-hybridized carbons (Fsp3) is 0.562. The van der Waals surface area contributed by atoms with Gasteiger partial charge < -0.3 is 10.2 Å². The van der Waals surface area contributed by atoms with Gasteiger partial charge in [0.1, 0.15) is 11.5 Å². The van der Waals surface area contributed by atoms with Crippen LogP contribution in [0.5, 0.6) is 11.5 Å². The van der Waals surface area contributed by atoms with E-state index >= 15 is 0 Å². The molecular formula is C32H46N2O2. The molecule has 2 atom stereocenters. The fourth-order valence-corrected chi connectivity index (χ4v) is 4.82. The minimum Gasteiger partial charge on any atom is -0.507 e. The molecule has 4 nitrogen and oxygen atoms in total. The molecule has 0 amide bonds. The van der Waals surface area contributed by atoms with Crippen molar-refractivity contribution in [1.82, 2.24) is 0 Å². The van der Waals surface area contributed by atoms with Gasteiger partial charge in [-0.1, -0.05) is 93.4 Å². The Morgan fingerprint density at radius 2 is 1.17 bits per heavy atom. The van der Waals surface area contributed by atoms with Crippen LogP contribution in [0.15, 0.2) is 40.3 Å². The summed E-state index contributed by atoms with van der Waals surface area (Å²) in [5.74, 6) is 0.627. The molecular weight excluding hydrogens is 444 g/mol. The molecule has 0 radical (unpaired) electrons. The van der Waals surface area contributed by atoms with Gasteiger partial charge >= 0.3 is 0 Å². The SMILES string of the molecule is CC(C)(C)c1cc(C=N[C@@H]2CCCC[C@@H]2N=Cc2cccc(C(C)(C)C)c2O)c(O)c(C(C)(C)C)c1. The molecule has 0 bridgehead atoms. The number of nitrogens with zero attached hydrogens (tertiary/aromatic N) is 2. The lowest BCUT2D eigenvalue weighted by Crippen LogP contribution is -2.27. The van der Waals surface area contributed by atoms with Crippen LogP contribution >= 0.6 is 0 Å². The zero-order valence-electron chi connectivity index (χ0n) is 23.8. The molecule has 2 aromatic rings. The van der Waals surface area contributed by atoms with Gasteiger partial charge in [0.2, 0.25) is 0 Å². The van der Waals surface area contributed by atoms with E-state index in [2.05, 4.69) is 74.4 Å². The van der Waals surface area contributed by atoms with Crippen LogP contribution in [0.1, 0.15) is 116 Å². The standard InChI is InChI=1S/C32H46N2O2/c1-30(2,3)23-17-22(29(36)25(18-23)32(7,8)9)20-34-27-16-11-10-15-26(27)33-19-21-13-12-14-24(28(21)35)31(4,5)6/h12-14,17-20,26-27,35-36H,10-11,15-16H2,1-9H3/t26-,27+/m0/s1. The molecule has 4 heteroatoms. The van der Waals surface area contributed by atoms with Crippen molar-refractivity contribution in [2.24, 2.45) is 9.98 Å². The number of phenols is 2. The van der Waals surface area contributed by atoms with E-state index < -0.39 is 0 Å². The highest BCUT2D eigenvalue weighted by Crippen LogP contribution is 2.37. The average molecular weight is 491 g/mol.